The number of rotatable bonds is 12. The van der Waals surface area contributed by atoms with Crippen LogP contribution in [0.1, 0.15) is 64.7 Å². The lowest BCUT2D eigenvalue weighted by atomic mass is 9.89. The number of sulfonamides is 1. The lowest BCUT2D eigenvalue weighted by molar-refractivity contribution is -0.231. The Hall–Kier alpha value is -3.53. The Morgan fingerprint density at radius 3 is 2.10 bits per heavy atom. The molecule has 50 heavy (non-hydrogen) atoms. The number of benzene rings is 3. The van der Waals surface area contributed by atoms with Crippen molar-refractivity contribution in [2.75, 3.05) is 19.7 Å². The quantitative estimate of drug-likeness (QED) is 0.132. The Morgan fingerprint density at radius 2 is 1.52 bits per heavy atom. The molecule has 0 aliphatic carbocycles. The van der Waals surface area contributed by atoms with E-state index in [2.05, 4.69) is 0 Å². The number of hydrogen-bond acceptors (Lipinski definition) is 9. The van der Waals surface area contributed by atoms with Gasteiger partial charge >= 0.3 is 5.97 Å². The molecule has 1 fully saturated rings. The highest BCUT2D eigenvalue weighted by Gasteiger charge is 2.44. The molecule has 0 bridgehead atoms. The lowest BCUT2D eigenvalue weighted by Gasteiger charge is -2.40. The number of nitrogens with zero attached hydrogens (tertiary/aromatic N) is 1. The summed E-state index contributed by atoms with van der Waals surface area (Å²) in [4.78, 5) is 13.1. The monoisotopic (exact) mass is 729 g/mol. The van der Waals surface area contributed by atoms with E-state index in [1.807, 2.05) is 51.1 Å². The van der Waals surface area contributed by atoms with Crippen LogP contribution in [0.4, 0.5) is 4.39 Å². The van der Waals surface area contributed by atoms with Crippen molar-refractivity contribution in [2.45, 2.75) is 75.4 Å². The molecule has 0 unspecified atom stereocenters. The molecule has 1 aromatic heterocycles. The SMILES string of the molecule is CCCN(CCC)S(=O)(=O)c1ccc(C(=O)O)cc1.Cc1ccc([C@@H]2O[C@H](CO)[C@@H](O)[C@H](O)[C@H]2O)cc1Cc1ccc(-c2ccc(F)cc2)s1. The van der Waals surface area contributed by atoms with Crippen molar-refractivity contribution < 1.29 is 47.9 Å². The molecule has 5 atom stereocenters. The highest BCUT2D eigenvalue weighted by Crippen LogP contribution is 2.35. The minimum Gasteiger partial charge on any atom is -0.478 e. The molecular formula is C37H44FNO9S2. The summed E-state index contributed by atoms with van der Waals surface area (Å²) in [6.45, 7) is 6.33. The second-order valence-electron chi connectivity index (χ2n) is 12.1. The number of thiophene rings is 1. The minimum atomic E-state index is -3.53. The number of carbonyl (C=O) groups is 1. The zero-order chi connectivity index (χ0) is 36.6. The van der Waals surface area contributed by atoms with Gasteiger partial charge in [0.15, 0.2) is 0 Å². The van der Waals surface area contributed by atoms with Gasteiger partial charge in [0.2, 0.25) is 10.0 Å². The van der Waals surface area contributed by atoms with Crippen LogP contribution in [0, 0.1) is 12.7 Å². The van der Waals surface area contributed by atoms with Crippen LogP contribution in [0.3, 0.4) is 0 Å². The number of aromatic carboxylic acids is 1. The van der Waals surface area contributed by atoms with Gasteiger partial charge in [-0.25, -0.2) is 17.6 Å². The molecule has 3 aromatic carbocycles. The van der Waals surface area contributed by atoms with Gasteiger partial charge < -0.3 is 30.3 Å². The number of aliphatic hydroxyl groups is 4. The first-order valence-electron chi connectivity index (χ1n) is 16.4. The van der Waals surface area contributed by atoms with E-state index in [4.69, 9.17) is 9.84 Å². The van der Waals surface area contributed by atoms with Crippen molar-refractivity contribution in [3.63, 3.8) is 0 Å². The first-order valence-corrected chi connectivity index (χ1v) is 18.6. The Balaban J connectivity index is 0.000000255. The maximum Gasteiger partial charge on any atom is 0.335 e. The normalized spacial score (nSPS) is 20.7. The number of hydrogen-bond donors (Lipinski definition) is 5. The summed E-state index contributed by atoms with van der Waals surface area (Å²) < 4.78 is 45.1. The highest BCUT2D eigenvalue weighted by atomic mass is 32.2. The van der Waals surface area contributed by atoms with E-state index in [-0.39, 0.29) is 16.3 Å². The fraction of sp³-hybridized carbons (Fsp3) is 0.378. The van der Waals surface area contributed by atoms with Crippen molar-refractivity contribution in [2.24, 2.45) is 0 Å². The van der Waals surface area contributed by atoms with E-state index in [9.17, 15) is 38.0 Å². The number of ether oxygens (including phenoxy) is 1. The summed E-state index contributed by atoms with van der Waals surface area (Å²) >= 11 is 1.63. The molecule has 13 heteroatoms. The van der Waals surface area contributed by atoms with Gasteiger partial charge in [0.25, 0.3) is 0 Å². The molecule has 270 valence electrons. The van der Waals surface area contributed by atoms with Crippen molar-refractivity contribution in [1.82, 2.24) is 4.31 Å². The Bertz CT molecular complexity index is 1810. The molecule has 0 spiro atoms. The largest absolute Gasteiger partial charge is 0.478 e. The van der Waals surface area contributed by atoms with Crippen LogP contribution in [-0.2, 0) is 21.2 Å². The molecule has 5 N–H and O–H groups in total. The van der Waals surface area contributed by atoms with E-state index in [1.165, 1.54) is 40.7 Å². The van der Waals surface area contributed by atoms with Crippen LogP contribution in [0.25, 0.3) is 10.4 Å². The van der Waals surface area contributed by atoms with Crippen molar-refractivity contribution in [1.29, 1.82) is 0 Å². The second kappa shape index (κ2) is 17.6. The average Bonchev–Trinajstić information content (AvgIpc) is 3.57. The Labute approximate surface area is 296 Å². The van der Waals surface area contributed by atoms with Gasteiger partial charge in [-0.2, -0.15) is 4.31 Å². The molecule has 0 saturated carbocycles. The van der Waals surface area contributed by atoms with Crippen molar-refractivity contribution in [3.05, 3.63) is 112 Å². The first kappa shape index (κ1) is 39.3. The second-order valence-corrected chi connectivity index (χ2v) is 15.2. The Morgan fingerprint density at radius 1 is 0.880 bits per heavy atom. The molecule has 5 rings (SSSR count). The lowest BCUT2D eigenvalue weighted by Crippen LogP contribution is -2.55. The fourth-order valence-electron chi connectivity index (χ4n) is 5.64. The number of carboxylic acids is 1. The highest BCUT2D eigenvalue weighted by molar-refractivity contribution is 7.89. The van der Waals surface area contributed by atoms with Crippen LogP contribution in [0.2, 0.25) is 0 Å². The van der Waals surface area contributed by atoms with Gasteiger partial charge in [-0.05, 0) is 90.6 Å². The summed E-state index contributed by atoms with van der Waals surface area (Å²) in [5.74, 6) is -1.33. The molecule has 0 radical (unpaired) electrons. The molecule has 1 saturated heterocycles. The molecule has 4 aromatic rings. The molecule has 2 heterocycles. The van der Waals surface area contributed by atoms with Gasteiger partial charge in [0.1, 0.15) is 36.3 Å². The smallest absolute Gasteiger partial charge is 0.335 e. The first-order chi connectivity index (χ1) is 23.8. The molecular weight excluding hydrogens is 686 g/mol. The molecule has 1 aliphatic heterocycles. The van der Waals surface area contributed by atoms with E-state index in [0.717, 1.165) is 39.3 Å². The fourth-order valence-corrected chi connectivity index (χ4v) is 8.30. The summed E-state index contributed by atoms with van der Waals surface area (Å²) in [7, 11) is -3.53. The molecule has 0 amide bonds. The van der Waals surface area contributed by atoms with Gasteiger partial charge in [-0.3, -0.25) is 0 Å². The zero-order valence-electron chi connectivity index (χ0n) is 28.1. The van der Waals surface area contributed by atoms with Crippen molar-refractivity contribution in [3.8, 4) is 10.4 Å². The number of carboxylic acid groups (broad SMARTS) is 1. The standard InChI is InChI=1S/C24H25FO5S.C13H19NO4S/c1-13-2-3-15(24-23(29)22(28)21(27)19(12-26)30-24)10-16(13)11-18-8-9-20(31-18)14-4-6-17(25)7-5-14;1-3-9-14(10-4-2)19(17,18)12-7-5-11(6-8-12)13(15)16/h2-10,19,21-24,26-29H,11-12H2,1H3;5-8H,3-4,9-10H2,1-2H3,(H,15,16)/t19-,21-,22+,23-,24+;/m1./s1. The van der Waals surface area contributed by atoms with Gasteiger partial charge in [-0.15, -0.1) is 11.3 Å². The van der Waals surface area contributed by atoms with Crippen molar-refractivity contribution >= 4 is 27.3 Å². The third kappa shape index (κ3) is 9.42. The maximum absolute atomic E-state index is 13.2. The third-order valence-electron chi connectivity index (χ3n) is 8.43. The summed E-state index contributed by atoms with van der Waals surface area (Å²) in [5.41, 5.74) is 3.83. The topological polar surface area (TPSA) is 165 Å². The number of aliphatic hydroxyl groups excluding tert-OH is 4. The van der Waals surface area contributed by atoms with Gasteiger partial charge in [0, 0.05) is 29.3 Å². The average molecular weight is 730 g/mol. The summed E-state index contributed by atoms with van der Waals surface area (Å²) in [6.07, 6.45) is -3.73. The predicted molar refractivity (Wildman–Crippen MR) is 189 cm³/mol. The number of halogens is 1. The molecule has 10 nitrogen and oxygen atoms in total. The van der Waals surface area contributed by atoms with Gasteiger partial charge in [-0.1, -0.05) is 44.2 Å². The maximum atomic E-state index is 13.2. The van der Waals surface area contributed by atoms with Gasteiger partial charge in [0.05, 0.1) is 17.1 Å². The minimum absolute atomic E-state index is 0.0801. The summed E-state index contributed by atoms with van der Waals surface area (Å²) in [5, 5.41) is 48.8. The van der Waals surface area contributed by atoms with E-state index < -0.39 is 53.1 Å². The van der Waals surface area contributed by atoms with Crippen LogP contribution in [0.15, 0.2) is 83.8 Å². The molecule has 1 aliphatic rings. The van der Waals surface area contributed by atoms with Crippen LogP contribution in [0.5, 0.6) is 0 Å². The van der Waals surface area contributed by atoms with E-state index in [0.29, 0.717) is 25.1 Å². The van der Waals surface area contributed by atoms with E-state index >= 15 is 0 Å². The summed E-state index contributed by atoms with van der Waals surface area (Å²) in [6, 6.07) is 21.5. The predicted octanol–water partition coefficient (Wildman–Crippen LogP) is 5.16. The van der Waals surface area contributed by atoms with E-state index in [1.54, 1.807) is 23.5 Å². The van der Waals surface area contributed by atoms with Crippen LogP contribution >= 0.6 is 11.3 Å². The van der Waals surface area contributed by atoms with Crippen LogP contribution in [-0.4, -0.2) is 88.3 Å². The Kier molecular flexibility index (Phi) is 13.8. The number of aryl methyl sites for hydroxylation is 1. The zero-order valence-corrected chi connectivity index (χ0v) is 29.8. The van der Waals surface area contributed by atoms with Crippen LogP contribution < -0.4 is 0 Å². The third-order valence-corrected chi connectivity index (χ3v) is 11.5.